The number of nitrogens with one attached hydrogen (secondary N) is 2. The molecule has 0 unspecified atom stereocenters. The number of aromatic nitrogens is 2. The maximum absolute atomic E-state index is 11.8. The number of amides is 1. The van der Waals surface area contributed by atoms with E-state index in [1.54, 1.807) is 11.7 Å². The first-order valence-electron chi connectivity index (χ1n) is 6.07. The lowest BCUT2D eigenvalue weighted by atomic mass is 10.3. The minimum atomic E-state index is -0.0604. The molecule has 0 aliphatic rings. The Kier molecular flexibility index (Phi) is 3.90. The van der Waals surface area contributed by atoms with E-state index >= 15 is 0 Å². The van der Waals surface area contributed by atoms with Gasteiger partial charge in [-0.3, -0.25) is 4.79 Å². The van der Waals surface area contributed by atoms with Gasteiger partial charge in [-0.25, -0.2) is 0 Å². The molecular weight excluding hydrogens is 262 g/mol. The molecule has 19 heavy (non-hydrogen) atoms. The van der Waals surface area contributed by atoms with Gasteiger partial charge in [-0.05, 0) is 38.2 Å². The van der Waals surface area contributed by atoms with Crippen LogP contribution in [-0.4, -0.2) is 28.6 Å². The zero-order valence-electron chi connectivity index (χ0n) is 11.2. The lowest BCUT2D eigenvalue weighted by Gasteiger charge is -2.09. The summed E-state index contributed by atoms with van der Waals surface area (Å²) < 4.78 is 7.49. The van der Waals surface area contributed by atoms with Crippen LogP contribution in [0.1, 0.15) is 13.8 Å². The van der Waals surface area contributed by atoms with Gasteiger partial charge in [-0.15, -0.1) is 0 Å². The standard InChI is InChI=1S/C13H17N3O2S/c1-8(2)14-12(17)7-16-11-6-9(18-3)4-5-10(11)15-13(16)19/h4-6,8H,7H2,1-3H3,(H,14,17)(H,15,19). The first kappa shape index (κ1) is 13.6. The quantitative estimate of drug-likeness (QED) is 0.844. The summed E-state index contributed by atoms with van der Waals surface area (Å²) in [5.74, 6) is 0.675. The highest BCUT2D eigenvalue weighted by atomic mass is 32.1. The van der Waals surface area contributed by atoms with E-state index in [2.05, 4.69) is 10.3 Å². The van der Waals surface area contributed by atoms with Gasteiger partial charge in [0.1, 0.15) is 12.3 Å². The van der Waals surface area contributed by atoms with E-state index in [-0.39, 0.29) is 18.5 Å². The molecule has 1 aromatic carbocycles. The van der Waals surface area contributed by atoms with Gasteiger partial charge in [0.2, 0.25) is 5.91 Å². The van der Waals surface area contributed by atoms with Gasteiger partial charge >= 0.3 is 0 Å². The molecule has 1 aromatic heterocycles. The van der Waals surface area contributed by atoms with Gasteiger partial charge in [0.05, 0.1) is 18.1 Å². The first-order valence-corrected chi connectivity index (χ1v) is 6.48. The first-order chi connectivity index (χ1) is 9.01. The zero-order valence-corrected chi connectivity index (χ0v) is 12.0. The second-order valence-corrected chi connectivity index (χ2v) is 5.01. The number of imidazole rings is 1. The number of H-pyrrole nitrogens is 1. The molecule has 0 bridgehead atoms. The number of aromatic amines is 1. The lowest BCUT2D eigenvalue weighted by Crippen LogP contribution is -2.33. The molecule has 0 aliphatic heterocycles. The van der Waals surface area contributed by atoms with Crippen molar-refractivity contribution in [2.75, 3.05) is 7.11 Å². The zero-order chi connectivity index (χ0) is 14.0. The maximum Gasteiger partial charge on any atom is 0.240 e. The Hall–Kier alpha value is -1.82. The van der Waals surface area contributed by atoms with E-state index in [0.717, 1.165) is 16.8 Å². The van der Waals surface area contributed by atoms with E-state index < -0.39 is 0 Å². The molecule has 0 atom stereocenters. The lowest BCUT2D eigenvalue weighted by molar-refractivity contribution is -0.122. The summed E-state index contributed by atoms with van der Waals surface area (Å²) in [5, 5.41) is 2.85. The fourth-order valence-corrected chi connectivity index (χ4v) is 2.20. The number of methoxy groups -OCH3 is 1. The molecule has 2 rings (SSSR count). The predicted octanol–water partition coefficient (Wildman–Crippen LogP) is 2.23. The van der Waals surface area contributed by atoms with Gasteiger partial charge in [-0.1, -0.05) is 0 Å². The van der Waals surface area contributed by atoms with E-state index in [1.807, 2.05) is 32.0 Å². The van der Waals surface area contributed by atoms with E-state index in [0.29, 0.717) is 4.77 Å². The highest BCUT2D eigenvalue weighted by Gasteiger charge is 2.10. The smallest absolute Gasteiger partial charge is 0.240 e. The van der Waals surface area contributed by atoms with Gasteiger partial charge in [0.25, 0.3) is 0 Å². The van der Waals surface area contributed by atoms with Crippen molar-refractivity contribution < 1.29 is 9.53 Å². The Labute approximate surface area is 116 Å². The Bertz CT molecular complexity index is 657. The van der Waals surface area contributed by atoms with Crippen molar-refractivity contribution in [1.82, 2.24) is 14.9 Å². The number of benzene rings is 1. The molecule has 0 spiro atoms. The van der Waals surface area contributed by atoms with Crippen molar-refractivity contribution in [2.45, 2.75) is 26.4 Å². The molecule has 2 N–H and O–H groups in total. The number of hydrogen-bond donors (Lipinski definition) is 2. The van der Waals surface area contributed by atoms with Crippen molar-refractivity contribution in [3.63, 3.8) is 0 Å². The SMILES string of the molecule is COc1ccc2[nH]c(=S)n(CC(=O)NC(C)C)c2c1. The second kappa shape index (κ2) is 5.44. The van der Waals surface area contributed by atoms with Crippen molar-refractivity contribution in [1.29, 1.82) is 0 Å². The Morgan fingerprint density at radius 1 is 1.53 bits per heavy atom. The van der Waals surface area contributed by atoms with Crippen LogP contribution in [0.5, 0.6) is 5.75 Å². The highest BCUT2D eigenvalue weighted by molar-refractivity contribution is 7.71. The third-order valence-corrected chi connectivity index (χ3v) is 3.06. The number of nitrogens with zero attached hydrogens (tertiary/aromatic N) is 1. The second-order valence-electron chi connectivity index (χ2n) is 4.62. The molecule has 1 heterocycles. The van der Waals surface area contributed by atoms with Crippen LogP contribution >= 0.6 is 12.2 Å². The van der Waals surface area contributed by atoms with Crippen molar-refractivity contribution in [3.8, 4) is 5.75 Å². The van der Waals surface area contributed by atoms with Crippen LogP contribution in [0, 0.1) is 4.77 Å². The summed E-state index contributed by atoms with van der Waals surface area (Å²) in [7, 11) is 1.61. The number of fused-ring (bicyclic) bond motifs is 1. The third-order valence-electron chi connectivity index (χ3n) is 2.73. The van der Waals surface area contributed by atoms with Crippen LogP contribution in [0.3, 0.4) is 0 Å². The molecule has 1 amide bonds. The van der Waals surface area contributed by atoms with E-state index in [1.165, 1.54) is 0 Å². The molecule has 0 aliphatic carbocycles. The largest absolute Gasteiger partial charge is 0.497 e. The summed E-state index contributed by atoms with van der Waals surface area (Å²) >= 11 is 5.25. The van der Waals surface area contributed by atoms with Crippen molar-refractivity contribution >= 4 is 29.2 Å². The molecule has 0 fully saturated rings. The Balaban J connectivity index is 2.39. The number of ether oxygens (including phenoxy) is 1. The summed E-state index contributed by atoms with van der Waals surface area (Å²) in [5.41, 5.74) is 1.76. The van der Waals surface area contributed by atoms with Gasteiger partial charge < -0.3 is 19.6 Å². The Morgan fingerprint density at radius 3 is 2.89 bits per heavy atom. The third kappa shape index (κ3) is 2.96. The van der Waals surface area contributed by atoms with Crippen LogP contribution in [-0.2, 0) is 11.3 Å². The number of carbonyl (C=O) groups excluding carboxylic acids is 1. The fraction of sp³-hybridized carbons (Fsp3) is 0.385. The summed E-state index contributed by atoms with van der Waals surface area (Å²) in [6.45, 7) is 4.05. The molecule has 0 radical (unpaired) electrons. The molecular formula is C13H17N3O2S. The summed E-state index contributed by atoms with van der Waals surface area (Å²) in [4.78, 5) is 14.9. The van der Waals surface area contributed by atoms with Crippen LogP contribution in [0.15, 0.2) is 18.2 Å². The maximum atomic E-state index is 11.8. The fourth-order valence-electron chi connectivity index (χ4n) is 1.93. The average Bonchev–Trinajstić information content (AvgIpc) is 2.64. The number of hydrogen-bond acceptors (Lipinski definition) is 3. The molecule has 5 nitrogen and oxygen atoms in total. The predicted molar refractivity (Wildman–Crippen MR) is 77.0 cm³/mol. The highest BCUT2D eigenvalue weighted by Crippen LogP contribution is 2.20. The average molecular weight is 279 g/mol. The molecule has 6 heteroatoms. The van der Waals surface area contributed by atoms with E-state index in [9.17, 15) is 4.79 Å². The van der Waals surface area contributed by atoms with Gasteiger partial charge in [0, 0.05) is 12.1 Å². The summed E-state index contributed by atoms with van der Waals surface area (Å²) in [6.07, 6.45) is 0. The van der Waals surface area contributed by atoms with Crippen LogP contribution in [0.4, 0.5) is 0 Å². The van der Waals surface area contributed by atoms with Gasteiger partial charge in [-0.2, -0.15) is 0 Å². The van der Waals surface area contributed by atoms with Crippen molar-refractivity contribution in [3.05, 3.63) is 23.0 Å². The van der Waals surface area contributed by atoms with Crippen LogP contribution in [0.25, 0.3) is 11.0 Å². The summed E-state index contributed by atoms with van der Waals surface area (Å²) in [6, 6.07) is 5.72. The molecule has 0 saturated heterocycles. The number of rotatable bonds is 4. The topological polar surface area (TPSA) is 59.0 Å². The molecule has 102 valence electrons. The van der Waals surface area contributed by atoms with Gasteiger partial charge in [0.15, 0.2) is 4.77 Å². The van der Waals surface area contributed by atoms with Crippen molar-refractivity contribution in [2.24, 2.45) is 0 Å². The molecule has 0 saturated carbocycles. The van der Waals surface area contributed by atoms with Crippen LogP contribution in [0.2, 0.25) is 0 Å². The monoisotopic (exact) mass is 279 g/mol. The van der Waals surface area contributed by atoms with E-state index in [4.69, 9.17) is 17.0 Å². The number of carbonyl (C=O) groups is 1. The van der Waals surface area contributed by atoms with Crippen LogP contribution < -0.4 is 10.1 Å². The Morgan fingerprint density at radius 2 is 2.26 bits per heavy atom. The minimum Gasteiger partial charge on any atom is -0.497 e. The minimum absolute atomic E-state index is 0.0604. The molecule has 2 aromatic rings. The normalized spacial score (nSPS) is 10.9.